The van der Waals surface area contributed by atoms with Crippen LogP contribution in [0.3, 0.4) is 0 Å². The van der Waals surface area contributed by atoms with E-state index >= 15 is 0 Å². The fourth-order valence-electron chi connectivity index (χ4n) is 12.0. The molecule has 0 fully saturated rings. The number of para-hydroxylation sites is 2. The van der Waals surface area contributed by atoms with Gasteiger partial charge < -0.3 is 13.9 Å². The Hall–Kier alpha value is -10.8. The first-order chi connectivity index (χ1) is 62.9. The van der Waals surface area contributed by atoms with Gasteiger partial charge in [0.05, 0.1) is 70.2 Å². The minimum Gasteiger partial charge on any atom is -0.510 e. The van der Waals surface area contributed by atoms with Crippen LogP contribution in [0.25, 0.3) is 72.3 Å². The van der Waals surface area contributed by atoms with Gasteiger partial charge in [0, 0.05) is 44.3 Å². The molecule has 0 aliphatic carbocycles. The maximum Gasteiger partial charge on any atom is 0.268 e. The summed E-state index contributed by atoms with van der Waals surface area (Å²) in [4.78, 5) is 4.80. The van der Waals surface area contributed by atoms with Crippen molar-refractivity contribution >= 4 is 90.5 Å². The van der Waals surface area contributed by atoms with Gasteiger partial charge in [-0.3, -0.25) is 4.57 Å². The number of nitrogens with zero attached hydrogens (tertiary/aromatic N) is 4. The van der Waals surface area contributed by atoms with Crippen LogP contribution < -0.4 is 50.8 Å². The third-order valence-corrected chi connectivity index (χ3v) is 24.5. The van der Waals surface area contributed by atoms with Crippen LogP contribution in [0.5, 0.6) is 11.5 Å². The molecule has 0 aliphatic heterocycles. The number of fused-ring (bicyclic) bond motifs is 4. The van der Waals surface area contributed by atoms with Crippen molar-refractivity contribution in [1.29, 1.82) is 0 Å². The summed E-state index contributed by atoms with van der Waals surface area (Å²) in [5, 5.41) is -7.08. The Bertz CT molecular complexity index is 7400. The number of aromatic nitrogens is 4. The normalized spacial score (nSPS) is 17.5. The van der Waals surface area contributed by atoms with Crippen LogP contribution >= 0.6 is 0 Å². The first-order valence-electron chi connectivity index (χ1n) is 48.8. The fraction of sp³-hybridized carbons (Fsp3) is 0.0455. The van der Waals surface area contributed by atoms with Crippen LogP contribution in [0.4, 0.5) is 0 Å². The molecule has 16 rings (SSSR count). The summed E-state index contributed by atoms with van der Waals surface area (Å²) in [5.41, 5.74) is -2.52. The molecule has 16 aromatic rings. The molecule has 0 unspecified atom stereocenters. The summed E-state index contributed by atoms with van der Waals surface area (Å²) >= 11 is 0. The molecule has 0 bridgehead atoms. The number of benzene rings is 13. The predicted molar refractivity (Wildman–Crippen MR) is 397 cm³/mol. The van der Waals surface area contributed by atoms with Gasteiger partial charge >= 0.3 is 0 Å². The van der Waals surface area contributed by atoms with Crippen molar-refractivity contribution < 1.29 is 83.8 Å². The van der Waals surface area contributed by atoms with Crippen LogP contribution in [-0.2, 0) is 26.5 Å². The van der Waals surface area contributed by atoms with Gasteiger partial charge in [-0.1, -0.05) is 310 Å². The molecule has 5 nitrogen and oxygen atoms in total. The van der Waals surface area contributed by atoms with Crippen molar-refractivity contribution in [2.24, 2.45) is 0 Å². The minimum atomic E-state index is -6.57. The summed E-state index contributed by atoms with van der Waals surface area (Å²) in [6.07, 6.45) is 4.90. The molecule has 464 valence electrons. The number of ether oxygens (including phenoxy) is 1. The number of hydrogen-bond acceptors (Lipinski definition) is 2. The summed E-state index contributed by atoms with van der Waals surface area (Å²) in [7, 11) is -13.1. The first-order valence-corrected chi connectivity index (χ1v) is 33.3. The Kier molecular flexibility index (Phi) is 8.51. The monoisotopic (exact) mass is 1480 g/mol. The van der Waals surface area contributed by atoms with E-state index in [1.807, 2.05) is 61.7 Å². The largest absolute Gasteiger partial charge is 0.510 e. The van der Waals surface area contributed by atoms with E-state index in [-0.39, 0.29) is 54.7 Å². The van der Waals surface area contributed by atoms with Crippen LogP contribution in [0, 0.1) is 18.5 Å². The van der Waals surface area contributed by atoms with Crippen molar-refractivity contribution in [3.63, 3.8) is 0 Å². The standard InChI is InChI=1S/C88H66N4OSi2.Pt/c1-88(2,3)67-56-57-89-86(60-67)92-81-50-26-25-48-79(81)80-54-53-70(62-83(80)92)93-69-34-28-33-68(61-69)90-63-91(87-78(64-30-11-4-12-31-64)49-29-51-85(87)95(74-41-19-8-20-42-74,75-43-21-9-22-44-75)76-45-23-10-24-46-76)82-55-52-66(59-84(82)90)65-32-27-47-77(58-65)94(71-35-13-5-14-36-71,72-37-15-6-16-38-72)73-39-17-7-18-40-73;/h4-60H,1-3H3;/q-2;/i4D,5D,6D,7D,8D,9D,10D,11D,12D,13D,14D,15D,16D,17D,18D,19D,20D,21D,22D,23D,24D,27D,30D,31D,32D,35D,36D,37D,38D,39D,40D,41D,42D,43D,44D,45D,46D,47D,58D;. The molecule has 3 aromatic heterocycles. The maximum absolute atomic E-state index is 10.9. The molecule has 8 heteroatoms. The molecule has 0 amide bonds. The van der Waals surface area contributed by atoms with E-state index in [4.69, 9.17) is 19.3 Å². The van der Waals surface area contributed by atoms with E-state index < -0.39 is 321 Å². The Morgan fingerprint density at radius 3 is 1.57 bits per heavy atom. The molecule has 0 saturated carbocycles. The summed E-state index contributed by atoms with van der Waals surface area (Å²) in [6.45, 7) is 6.13. The van der Waals surface area contributed by atoms with E-state index in [1.54, 1.807) is 18.3 Å². The zero-order valence-electron chi connectivity index (χ0n) is 89.4. The van der Waals surface area contributed by atoms with Crippen molar-refractivity contribution in [2.45, 2.75) is 26.2 Å². The molecule has 0 radical (unpaired) electrons. The second-order valence-electron chi connectivity index (χ2n) is 22.5. The third kappa shape index (κ3) is 10.8. The van der Waals surface area contributed by atoms with E-state index in [1.165, 1.54) is 18.2 Å². The van der Waals surface area contributed by atoms with Crippen molar-refractivity contribution in [2.75, 3.05) is 0 Å². The average molecular weight is 1490 g/mol. The number of imidazole rings is 1. The molecule has 0 saturated heterocycles. The smallest absolute Gasteiger partial charge is 0.268 e. The SMILES string of the molecule is [2H]c1c([2H])c([2H])c(-c2cccc([Si](c3c([2H])c([2H])c([2H])c([2H])c3[2H])(c3c([2H])c([2H])c([2H])c([2H])c3[2H])c3c([2H])c([2H])c([2H])c([2H])c3[2H])c2-[n+]2[c-]n(-c3[c-]c(Oc4[c-]c5c(cc4)c4ccccc4n5-c4cc(C(C)(C)C)ccn4)ccc3)c3cc(-c4c([2H])c([2H])c([2H])c([Si](c5c([2H])c([2H])c([2H])c([2H])c5[2H])(c5c([2H])c([2H])c([2H])c([2H])c5[2H])c5c([2H])c([2H])c([2H])c([2H])c5[2H])c4[2H])ccc32)c([2H])c1[2H].[Pt]. The van der Waals surface area contributed by atoms with Crippen molar-refractivity contribution in [1.82, 2.24) is 14.1 Å². The number of pyridine rings is 1. The summed E-state index contributed by atoms with van der Waals surface area (Å²) in [6, 6.07) is -14.2. The van der Waals surface area contributed by atoms with Crippen LogP contribution in [0.15, 0.2) is 345 Å². The second kappa shape index (κ2) is 25.8. The molecular weight excluding hydrogens is 1380 g/mol. The molecule has 13 aromatic carbocycles. The summed E-state index contributed by atoms with van der Waals surface area (Å²) < 4.78 is 385. The first kappa shape index (κ1) is 31.6. The molecule has 0 spiro atoms. The zero-order chi connectivity index (χ0) is 97.9. The van der Waals surface area contributed by atoms with Gasteiger partial charge in [-0.2, -0.15) is 18.2 Å². The Balaban J connectivity index is 0.0000139. The molecule has 0 N–H and O–H groups in total. The van der Waals surface area contributed by atoms with Crippen molar-refractivity contribution in [3.8, 4) is 50.9 Å². The predicted octanol–water partition coefficient (Wildman–Crippen LogP) is 15.0. The Morgan fingerprint density at radius 2 is 0.979 bits per heavy atom. The van der Waals surface area contributed by atoms with E-state index in [0.717, 1.165) is 62.0 Å². The third-order valence-electron chi connectivity index (χ3n) is 16.2. The second-order valence-corrected chi connectivity index (χ2v) is 29.6. The Morgan fingerprint density at radius 1 is 0.448 bits per heavy atom. The van der Waals surface area contributed by atoms with Gasteiger partial charge in [0.25, 0.3) is 6.33 Å². The van der Waals surface area contributed by atoms with E-state index in [9.17, 15) is 43.9 Å². The van der Waals surface area contributed by atoms with Gasteiger partial charge in [0.2, 0.25) is 0 Å². The van der Waals surface area contributed by atoms with Gasteiger partial charge in [0.15, 0.2) is 16.1 Å². The minimum absolute atomic E-state index is 0. The maximum atomic E-state index is 10.9. The molecule has 0 aliphatic rings. The number of rotatable bonds is 15. The van der Waals surface area contributed by atoms with E-state index in [2.05, 4.69) is 18.5 Å². The zero-order valence-corrected chi connectivity index (χ0v) is 54.7. The quantitative estimate of drug-likeness (QED) is 0.0444. The molecule has 96 heavy (non-hydrogen) atoms. The topological polar surface area (TPSA) is 35.9 Å². The summed E-state index contributed by atoms with van der Waals surface area (Å²) in [5.74, 6) is 0.416. The van der Waals surface area contributed by atoms with Crippen LogP contribution in [-0.4, -0.2) is 30.3 Å². The van der Waals surface area contributed by atoms with Gasteiger partial charge in [-0.05, 0) is 110 Å². The molecular formula is C88H66N4OPtSi2-2. The van der Waals surface area contributed by atoms with Crippen LogP contribution in [0.1, 0.15) is 79.8 Å². The Labute approximate surface area is 632 Å². The molecule has 3 heterocycles. The van der Waals surface area contributed by atoms with Gasteiger partial charge in [0.1, 0.15) is 5.82 Å². The average Bonchev–Trinajstić information content (AvgIpc) is 1.50. The fourth-order valence-corrected chi connectivity index (χ4v) is 19.6. The van der Waals surface area contributed by atoms with E-state index in [0.29, 0.717) is 16.7 Å². The molecule has 0 atom stereocenters. The number of hydrogen-bond donors (Lipinski definition) is 0. The van der Waals surface area contributed by atoms with Gasteiger partial charge in [-0.15, -0.1) is 29.7 Å². The van der Waals surface area contributed by atoms with Crippen molar-refractivity contribution in [3.05, 3.63) is 369 Å². The van der Waals surface area contributed by atoms with Gasteiger partial charge in [-0.25, -0.2) is 4.98 Å². The van der Waals surface area contributed by atoms with Crippen LogP contribution in [0.2, 0.25) is 0 Å².